The summed E-state index contributed by atoms with van der Waals surface area (Å²) >= 11 is 0. The summed E-state index contributed by atoms with van der Waals surface area (Å²) in [5, 5.41) is 12.0. The van der Waals surface area contributed by atoms with E-state index in [2.05, 4.69) is 83.1 Å². The highest BCUT2D eigenvalue weighted by Gasteiger charge is 2.10. The molecule has 7 nitrogen and oxygen atoms in total. The highest BCUT2D eigenvalue weighted by atomic mass is 32.2. The Morgan fingerprint density at radius 3 is 1.47 bits per heavy atom. The van der Waals surface area contributed by atoms with Crippen molar-refractivity contribution in [1.29, 1.82) is 0 Å². The van der Waals surface area contributed by atoms with Crippen LogP contribution >= 0.6 is 0 Å². The van der Waals surface area contributed by atoms with E-state index in [9.17, 15) is 8.42 Å². The van der Waals surface area contributed by atoms with Crippen LogP contribution in [0.3, 0.4) is 0 Å². The SMILES string of the molecule is C#CCOc1ccc2ccccc2c1CNCCCCCCNCc1c(OCC#C)ccc2ccccc12.CS(=O)(=O)O. The first-order chi connectivity index (χ1) is 20.8. The van der Waals surface area contributed by atoms with Gasteiger partial charge in [0.1, 0.15) is 24.7 Å². The van der Waals surface area contributed by atoms with Crippen LogP contribution in [0.1, 0.15) is 36.8 Å². The van der Waals surface area contributed by atoms with Crippen LogP contribution in [0.4, 0.5) is 0 Å². The third kappa shape index (κ3) is 11.6. The second kappa shape index (κ2) is 17.8. The van der Waals surface area contributed by atoms with Crippen molar-refractivity contribution in [2.75, 3.05) is 32.6 Å². The summed E-state index contributed by atoms with van der Waals surface area (Å²) in [4.78, 5) is 0. The van der Waals surface area contributed by atoms with Gasteiger partial charge >= 0.3 is 0 Å². The summed E-state index contributed by atoms with van der Waals surface area (Å²) in [5.41, 5.74) is 2.34. The monoisotopic (exact) mass is 600 g/mol. The first kappa shape index (κ1) is 33.5. The molecule has 226 valence electrons. The smallest absolute Gasteiger partial charge is 0.261 e. The zero-order valence-corrected chi connectivity index (χ0v) is 25.5. The van der Waals surface area contributed by atoms with Crippen LogP contribution in [0.5, 0.6) is 11.5 Å². The number of ether oxygens (including phenoxy) is 2. The predicted molar refractivity (Wildman–Crippen MR) is 176 cm³/mol. The third-order valence-corrected chi connectivity index (χ3v) is 6.68. The maximum absolute atomic E-state index is 9.19. The molecule has 0 aliphatic carbocycles. The summed E-state index contributed by atoms with van der Waals surface area (Å²) in [5.74, 6) is 6.85. The standard InChI is InChI=1S/C34H36N2O2.CH4O3S/c1-3-23-37-33-19-17-27-13-7-9-15-29(27)31(33)25-35-21-11-5-6-12-22-36-26-32-30-16-10-8-14-28(30)18-20-34(32)38-24-4-2;1-5(2,3)4/h1-2,7-10,13-20,35-36H,5-6,11-12,21-26H2;1H3,(H,2,3,4). The average molecular weight is 601 g/mol. The lowest BCUT2D eigenvalue weighted by molar-refractivity contribution is 0.365. The molecule has 3 N–H and O–H groups in total. The normalized spacial score (nSPS) is 10.9. The van der Waals surface area contributed by atoms with E-state index in [1.807, 2.05) is 12.1 Å². The molecule has 43 heavy (non-hydrogen) atoms. The fourth-order valence-electron chi connectivity index (χ4n) is 4.79. The molecule has 0 amide bonds. The first-order valence-corrected chi connectivity index (χ1v) is 16.1. The molecule has 0 spiro atoms. The summed E-state index contributed by atoms with van der Waals surface area (Å²) < 4.78 is 37.5. The Bertz CT molecular complexity index is 1540. The molecule has 0 heterocycles. The van der Waals surface area contributed by atoms with E-state index in [0.29, 0.717) is 6.26 Å². The summed E-state index contributed by atoms with van der Waals surface area (Å²) in [6, 6.07) is 25.0. The Balaban J connectivity index is 0.000000934. The quantitative estimate of drug-likeness (QED) is 0.0880. The Morgan fingerprint density at radius 1 is 0.674 bits per heavy atom. The van der Waals surface area contributed by atoms with E-state index < -0.39 is 10.1 Å². The molecule has 0 radical (unpaired) electrons. The molecule has 0 unspecified atom stereocenters. The van der Waals surface area contributed by atoms with Gasteiger partial charge in [0, 0.05) is 24.2 Å². The molecule has 4 aromatic rings. The molecule has 0 atom stereocenters. The van der Waals surface area contributed by atoms with E-state index >= 15 is 0 Å². The molecular weight excluding hydrogens is 560 g/mol. The van der Waals surface area contributed by atoms with Crippen molar-refractivity contribution in [2.24, 2.45) is 0 Å². The first-order valence-electron chi connectivity index (χ1n) is 14.3. The number of hydrogen-bond acceptors (Lipinski definition) is 6. The Hall–Kier alpha value is -4.05. The molecule has 0 aliphatic heterocycles. The van der Waals surface area contributed by atoms with Gasteiger partial charge in [0.25, 0.3) is 10.1 Å². The van der Waals surface area contributed by atoms with Crippen LogP contribution in [-0.2, 0) is 23.2 Å². The fraction of sp³-hybridized carbons (Fsp3) is 0.314. The van der Waals surface area contributed by atoms with Gasteiger partial charge in [-0.1, -0.05) is 85.3 Å². The van der Waals surface area contributed by atoms with Gasteiger partial charge in [-0.05, 0) is 59.6 Å². The van der Waals surface area contributed by atoms with Crippen LogP contribution in [0, 0.1) is 24.7 Å². The summed E-state index contributed by atoms with van der Waals surface area (Å²) in [6.45, 7) is 4.02. The number of hydrogen-bond donors (Lipinski definition) is 3. The number of nitrogens with one attached hydrogen (secondary N) is 2. The molecule has 0 aromatic heterocycles. The number of benzene rings is 4. The minimum absolute atomic E-state index is 0.277. The lowest BCUT2D eigenvalue weighted by Gasteiger charge is -2.14. The second-order valence-electron chi connectivity index (χ2n) is 10.0. The Labute approximate surface area is 255 Å². The van der Waals surface area contributed by atoms with Crippen molar-refractivity contribution in [3.8, 4) is 36.2 Å². The van der Waals surface area contributed by atoms with Gasteiger partial charge in [-0.25, -0.2) is 0 Å². The number of rotatable bonds is 15. The fourth-order valence-corrected chi connectivity index (χ4v) is 4.79. The van der Waals surface area contributed by atoms with Crippen LogP contribution in [0.2, 0.25) is 0 Å². The Kier molecular flexibility index (Phi) is 13.8. The van der Waals surface area contributed by atoms with Gasteiger partial charge in [0.15, 0.2) is 0 Å². The zero-order chi connectivity index (χ0) is 30.9. The van der Waals surface area contributed by atoms with E-state index in [1.165, 1.54) is 45.5 Å². The van der Waals surface area contributed by atoms with Gasteiger partial charge < -0.3 is 20.1 Å². The number of terminal acetylenes is 2. The summed E-state index contributed by atoms with van der Waals surface area (Å²) in [6.07, 6.45) is 16.2. The second-order valence-corrected chi connectivity index (χ2v) is 11.5. The van der Waals surface area contributed by atoms with Gasteiger partial charge in [0.05, 0.1) is 6.26 Å². The third-order valence-electron chi connectivity index (χ3n) is 6.68. The molecule has 0 aliphatic rings. The van der Waals surface area contributed by atoms with Crippen molar-refractivity contribution in [3.05, 3.63) is 83.9 Å². The topological polar surface area (TPSA) is 96.9 Å². The van der Waals surface area contributed by atoms with Crippen molar-refractivity contribution in [2.45, 2.75) is 38.8 Å². The van der Waals surface area contributed by atoms with E-state index in [-0.39, 0.29) is 13.2 Å². The lowest BCUT2D eigenvalue weighted by atomic mass is 10.0. The average Bonchev–Trinajstić information content (AvgIpc) is 2.99. The molecule has 0 fully saturated rings. The molecule has 4 rings (SSSR count). The number of fused-ring (bicyclic) bond motifs is 2. The van der Waals surface area contributed by atoms with Gasteiger partial charge in [-0.2, -0.15) is 8.42 Å². The molecule has 8 heteroatoms. The number of unbranched alkanes of at least 4 members (excludes halogenated alkanes) is 3. The molecule has 0 saturated carbocycles. The van der Waals surface area contributed by atoms with Crippen LogP contribution in [-0.4, -0.2) is 45.5 Å². The zero-order valence-electron chi connectivity index (χ0n) is 24.6. The van der Waals surface area contributed by atoms with Crippen molar-refractivity contribution in [1.82, 2.24) is 10.6 Å². The van der Waals surface area contributed by atoms with Crippen LogP contribution < -0.4 is 20.1 Å². The van der Waals surface area contributed by atoms with Gasteiger partial charge in [-0.3, -0.25) is 4.55 Å². The Morgan fingerprint density at radius 2 is 1.07 bits per heavy atom. The minimum Gasteiger partial charge on any atom is -0.481 e. The minimum atomic E-state index is -3.67. The largest absolute Gasteiger partial charge is 0.481 e. The summed E-state index contributed by atoms with van der Waals surface area (Å²) in [7, 11) is -3.67. The molecular formula is C35H40N2O5S. The van der Waals surface area contributed by atoms with Crippen LogP contribution in [0.25, 0.3) is 21.5 Å². The van der Waals surface area contributed by atoms with E-state index in [4.69, 9.17) is 26.9 Å². The van der Waals surface area contributed by atoms with Crippen molar-refractivity contribution in [3.63, 3.8) is 0 Å². The highest BCUT2D eigenvalue weighted by Crippen LogP contribution is 2.29. The predicted octanol–water partition coefficient (Wildman–Crippen LogP) is 5.96. The molecule has 0 saturated heterocycles. The maximum Gasteiger partial charge on any atom is 0.261 e. The highest BCUT2D eigenvalue weighted by molar-refractivity contribution is 7.85. The van der Waals surface area contributed by atoms with Gasteiger partial charge in [0.2, 0.25) is 0 Å². The van der Waals surface area contributed by atoms with E-state index in [0.717, 1.165) is 50.5 Å². The van der Waals surface area contributed by atoms with Gasteiger partial charge in [-0.15, -0.1) is 12.8 Å². The van der Waals surface area contributed by atoms with Crippen LogP contribution in [0.15, 0.2) is 72.8 Å². The van der Waals surface area contributed by atoms with E-state index in [1.54, 1.807) is 0 Å². The van der Waals surface area contributed by atoms with Crippen molar-refractivity contribution < 1.29 is 22.4 Å². The molecule has 4 aromatic carbocycles. The maximum atomic E-state index is 9.19. The molecule has 0 bridgehead atoms. The lowest BCUT2D eigenvalue weighted by Crippen LogP contribution is -2.17. The van der Waals surface area contributed by atoms with Crippen molar-refractivity contribution >= 4 is 31.7 Å².